The van der Waals surface area contributed by atoms with Crippen molar-refractivity contribution in [2.45, 2.75) is 18.4 Å². The maximum atomic E-state index is 12.3. The zero-order valence-electron chi connectivity index (χ0n) is 11.5. The number of benzene rings is 2. The van der Waals surface area contributed by atoms with E-state index in [9.17, 15) is 8.42 Å². The van der Waals surface area contributed by atoms with Gasteiger partial charge in [-0.1, -0.05) is 48.6 Å². The first-order valence-corrected chi connectivity index (χ1v) is 8.23. The van der Waals surface area contributed by atoms with Gasteiger partial charge in [-0.2, -0.15) is 0 Å². The fourth-order valence-corrected chi connectivity index (χ4v) is 3.27. The maximum absolute atomic E-state index is 12.3. The van der Waals surface area contributed by atoms with Gasteiger partial charge >= 0.3 is 0 Å². The molecule has 0 aromatic heterocycles. The third-order valence-corrected chi connectivity index (χ3v) is 4.70. The summed E-state index contributed by atoms with van der Waals surface area (Å²) in [5.74, 6) is 0. The Morgan fingerprint density at radius 1 is 1.19 bits per heavy atom. The topological polar surface area (TPSA) is 72.2 Å². The second-order valence-corrected chi connectivity index (χ2v) is 6.86. The van der Waals surface area contributed by atoms with Crippen molar-refractivity contribution in [1.29, 1.82) is 0 Å². The van der Waals surface area contributed by atoms with E-state index in [1.165, 1.54) is 6.07 Å². The lowest BCUT2D eigenvalue weighted by atomic mass is 10.1. The van der Waals surface area contributed by atoms with Crippen molar-refractivity contribution in [1.82, 2.24) is 4.72 Å². The molecule has 0 saturated heterocycles. The van der Waals surface area contributed by atoms with Gasteiger partial charge in [0, 0.05) is 12.1 Å². The molecule has 4 nitrogen and oxygen atoms in total. The molecule has 6 heteroatoms. The number of nitrogens with one attached hydrogen (secondary N) is 1. The molecule has 0 aliphatic rings. The first-order valence-electron chi connectivity index (χ1n) is 6.34. The Morgan fingerprint density at radius 2 is 1.86 bits per heavy atom. The lowest BCUT2D eigenvalue weighted by Gasteiger charge is -2.10. The van der Waals surface area contributed by atoms with Crippen LogP contribution in [0.5, 0.6) is 0 Å². The molecule has 2 aromatic rings. The molecule has 2 rings (SSSR count). The monoisotopic (exact) mass is 320 g/mol. The number of sulfonamides is 1. The molecular formula is C15H16N2O2S2. The summed E-state index contributed by atoms with van der Waals surface area (Å²) < 4.78 is 27.1. The largest absolute Gasteiger partial charge is 0.389 e. The van der Waals surface area contributed by atoms with E-state index in [4.69, 9.17) is 18.0 Å². The zero-order valence-corrected chi connectivity index (χ0v) is 13.2. The van der Waals surface area contributed by atoms with Gasteiger partial charge in [0.1, 0.15) is 4.99 Å². The number of rotatable bonds is 5. The summed E-state index contributed by atoms with van der Waals surface area (Å²) in [6, 6.07) is 14.1. The Balaban J connectivity index is 2.20. The Labute approximate surface area is 130 Å². The van der Waals surface area contributed by atoms with E-state index in [1.54, 1.807) is 19.1 Å². The van der Waals surface area contributed by atoms with Crippen LogP contribution in [-0.2, 0) is 16.6 Å². The Bertz CT molecular complexity index is 756. The molecule has 21 heavy (non-hydrogen) atoms. The van der Waals surface area contributed by atoms with E-state index in [2.05, 4.69) is 4.72 Å². The summed E-state index contributed by atoms with van der Waals surface area (Å²) >= 11 is 4.91. The van der Waals surface area contributed by atoms with Crippen LogP contribution in [0.4, 0.5) is 0 Å². The molecule has 0 atom stereocenters. The molecule has 0 saturated carbocycles. The fourth-order valence-electron chi connectivity index (χ4n) is 1.94. The van der Waals surface area contributed by atoms with Gasteiger partial charge in [-0.3, -0.25) is 0 Å². The van der Waals surface area contributed by atoms with Crippen molar-refractivity contribution in [3.8, 4) is 0 Å². The molecule has 0 amide bonds. The van der Waals surface area contributed by atoms with Gasteiger partial charge < -0.3 is 5.73 Å². The predicted molar refractivity (Wildman–Crippen MR) is 87.5 cm³/mol. The van der Waals surface area contributed by atoms with E-state index < -0.39 is 10.0 Å². The van der Waals surface area contributed by atoms with Gasteiger partial charge in [0.15, 0.2) is 0 Å². The highest BCUT2D eigenvalue weighted by atomic mass is 32.2. The molecule has 0 unspecified atom stereocenters. The van der Waals surface area contributed by atoms with Crippen LogP contribution < -0.4 is 10.5 Å². The Kier molecular flexibility index (Phi) is 4.72. The quantitative estimate of drug-likeness (QED) is 0.828. The number of aryl methyl sites for hydroxylation is 1. The van der Waals surface area contributed by atoms with Gasteiger partial charge in [-0.05, 0) is 30.2 Å². The van der Waals surface area contributed by atoms with E-state index in [0.717, 1.165) is 11.1 Å². The van der Waals surface area contributed by atoms with Gasteiger partial charge in [0.05, 0.1) is 4.90 Å². The highest BCUT2D eigenvalue weighted by Crippen LogP contribution is 2.16. The average molecular weight is 320 g/mol. The van der Waals surface area contributed by atoms with Crippen molar-refractivity contribution in [3.63, 3.8) is 0 Å². The van der Waals surface area contributed by atoms with Gasteiger partial charge in [0.25, 0.3) is 0 Å². The number of nitrogens with two attached hydrogens (primary N) is 1. The normalized spacial score (nSPS) is 11.3. The van der Waals surface area contributed by atoms with Crippen molar-refractivity contribution < 1.29 is 8.42 Å². The van der Waals surface area contributed by atoms with E-state index in [-0.39, 0.29) is 16.4 Å². The maximum Gasteiger partial charge on any atom is 0.240 e. The van der Waals surface area contributed by atoms with Crippen molar-refractivity contribution >= 4 is 27.2 Å². The summed E-state index contributed by atoms with van der Waals surface area (Å²) in [6.45, 7) is 2.03. The summed E-state index contributed by atoms with van der Waals surface area (Å²) in [5.41, 5.74) is 7.90. The number of hydrogen-bond acceptors (Lipinski definition) is 3. The van der Waals surface area contributed by atoms with Crippen molar-refractivity contribution in [2.24, 2.45) is 5.73 Å². The van der Waals surface area contributed by atoms with Crippen LogP contribution in [0.1, 0.15) is 16.7 Å². The first kappa shape index (κ1) is 15.6. The summed E-state index contributed by atoms with van der Waals surface area (Å²) in [6.07, 6.45) is 0. The zero-order chi connectivity index (χ0) is 15.5. The second-order valence-electron chi connectivity index (χ2n) is 4.65. The summed E-state index contributed by atoms with van der Waals surface area (Å²) in [7, 11) is -3.56. The number of hydrogen-bond donors (Lipinski definition) is 2. The van der Waals surface area contributed by atoms with E-state index in [0.29, 0.717) is 5.56 Å². The highest BCUT2D eigenvalue weighted by Gasteiger charge is 2.15. The SMILES string of the molecule is Cc1cc(S(=O)(=O)NCc2ccccc2)ccc1C(N)=S. The molecule has 2 aromatic carbocycles. The van der Waals surface area contributed by atoms with E-state index >= 15 is 0 Å². The molecule has 0 heterocycles. The molecule has 3 N–H and O–H groups in total. The van der Waals surface area contributed by atoms with Crippen LogP contribution in [0.25, 0.3) is 0 Å². The predicted octanol–water partition coefficient (Wildman–Crippen LogP) is 2.11. The molecule has 0 aliphatic heterocycles. The van der Waals surface area contributed by atoms with Crippen LogP contribution in [0.15, 0.2) is 53.4 Å². The third-order valence-electron chi connectivity index (χ3n) is 3.08. The van der Waals surface area contributed by atoms with Crippen molar-refractivity contribution in [2.75, 3.05) is 0 Å². The second kappa shape index (κ2) is 6.34. The first-order chi connectivity index (χ1) is 9.90. The Morgan fingerprint density at radius 3 is 2.43 bits per heavy atom. The third kappa shape index (κ3) is 3.87. The molecule has 0 fully saturated rings. The van der Waals surface area contributed by atoms with Crippen LogP contribution in [0.2, 0.25) is 0 Å². The van der Waals surface area contributed by atoms with Crippen LogP contribution in [0, 0.1) is 6.92 Å². The molecular weight excluding hydrogens is 304 g/mol. The molecule has 0 bridgehead atoms. The standard InChI is InChI=1S/C15H16N2O2S2/c1-11-9-13(7-8-14(11)15(16)20)21(18,19)17-10-12-5-3-2-4-6-12/h2-9,17H,10H2,1H3,(H2,16,20). The average Bonchev–Trinajstić information content (AvgIpc) is 2.46. The number of thiocarbonyl (C=S) groups is 1. The minimum absolute atomic E-state index is 0.205. The summed E-state index contributed by atoms with van der Waals surface area (Å²) in [4.78, 5) is 0.463. The minimum atomic E-state index is -3.56. The molecule has 0 aliphatic carbocycles. The van der Waals surface area contributed by atoms with Gasteiger partial charge in [-0.15, -0.1) is 0 Å². The fraction of sp³-hybridized carbons (Fsp3) is 0.133. The Hall–Kier alpha value is -1.76. The van der Waals surface area contributed by atoms with Gasteiger partial charge in [0.2, 0.25) is 10.0 Å². The molecule has 0 radical (unpaired) electrons. The lowest BCUT2D eigenvalue weighted by Crippen LogP contribution is -2.23. The van der Waals surface area contributed by atoms with Crippen molar-refractivity contribution in [3.05, 3.63) is 65.2 Å². The van der Waals surface area contributed by atoms with E-state index in [1.807, 2.05) is 30.3 Å². The van der Waals surface area contributed by atoms with Gasteiger partial charge in [-0.25, -0.2) is 13.1 Å². The molecule has 110 valence electrons. The summed E-state index contributed by atoms with van der Waals surface area (Å²) in [5, 5.41) is 0. The highest BCUT2D eigenvalue weighted by molar-refractivity contribution is 7.89. The lowest BCUT2D eigenvalue weighted by molar-refractivity contribution is 0.581. The van der Waals surface area contributed by atoms with Crippen LogP contribution in [0.3, 0.4) is 0 Å². The molecule has 0 spiro atoms. The minimum Gasteiger partial charge on any atom is -0.389 e. The smallest absolute Gasteiger partial charge is 0.240 e. The van der Waals surface area contributed by atoms with Crippen LogP contribution >= 0.6 is 12.2 Å². The van der Waals surface area contributed by atoms with Crippen LogP contribution in [-0.4, -0.2) is 13.4 Å².